The Hall–Kier alpha value is -2.51. The minimum Gasteiger partial charge on any atom is -0.419 e. The summed E-state index contributed by atoms with van der Waals surface area (Å²) in [5.74, 6) is -3.15. The number of carbonyl (C=O) groups excluding carboxylic acids is 3. The molecule has 1 aliphatic rings. The van der Waals surface area contributed by atoms with Crippen molar-refractivity contribution in [2.75, 3.05) is 0 Å². The van der Waals surface area contributed by atoms with Gasteiger partial charge >= 0.3 is 11.7 Å². The van der Waals surface area contributed by atoms with Gasteiger partial charge in [-0.3, -0.25) is 34.0 Å². The van der Waals surface area contributed by atoms with E-state index in [2.05, 4.69) is 12.6 Å². The maximum Gasteiger partial charge on any atom is 0.314 e. The number of benzene rings is 1. The first-order valence-electron chi connectivity index (χ1n) is 8.67. The Kier molecular flexibility index (Phi) is 6.59. The predicted molar refractivity (Wildman–Crippen MR) is 106 cm³/mol. The maximum atomic E-state index is 12.5. The van der Waals surface area contributed by atoms with E-state index in [4.69, 9.17) is 9.29 Å². The highest BCUT2D eigenvalue weighted by molar-refractivity contribution is 7.85. The summed E-state index contributed by atoms with van der Waals surface area (Å²) in [6, 6.07) is 2.31. The molecule has 0 aliphatic carbocycles. The minimum absolute atomic E-state index is 0.0146. The van der Waals surface area contributed by atoms with E-state index in [-0.39, 0.29) is 12.8 Å². The van der Waals surface area contributed by atoms with Gasteiger partial charge in [0.05, 0.1) is 16.1 Å². The first-order valence-corrected chi connectivity index (χ1v) is 10.6. The lowest BCUT2D eigenvalue weighted by molar-refractivity contribution is -0.385. The number of amides is 2. The zero-order valence-electron chi connectivity index (χ0n) is 16.3. The highest BCUT2D eigenvalue weighted by Crippen LogP contribution is 2.33. The number of nitrogens with zero attached hydrogens (tertiary/aromatic N) is 2. The Morgan fingerprint density at radius 1 is 1.43 bits per heavy atom. The average molecular weight is 460 g/mol. The molecule has 0 radical (unpaired) electrons. The van der Waals surface area contributed by atoms with Crippen molar-refractivity contribution < 1.29 is 37.0 Å². The van der Waals surface area contributed by atoms with E-state index in [0.29, 0.717) is 6.07 Å². The van der Waals surface area contributed by atoms with E-state index in [0.717, 1.165) is 17.0 Å². The number of carbonyl (C=O) groups is 3. The van der Waals surface area contributed by atoms with Gasteiger partial charge in [0.2, 0.25) is 17.6 Å². The van der Waals surface area contributed by atoms with Crippen LogP contribution in [0.4, 0.5) is 5.69 Å². The summed E-state index contributed by atoms with van der Waals surface area (Å²) in [5, 5.41) is 10.5. The number of nitro groups is 1. The highest BCUT2D eigenvalue weighted by Gasteiger charge is 2.45. The molecule has 1 aliphatic heterocycles. The number of hydrogen-bond acceptors (Lipinski definition) is 9. The summed E-state index contributed by atoms with van der Waals surface area (Å²) < 4.78 is 36.4. The van der Waals surface area contributed by atoms with Crippen molar-refractivity contribution >= 4 is 46.2 Å². The Morgan fingerprint density at radius 3 is 2.50 bits per heavy atom. The van der Waals surface area contributed by atoms with Crippen LogP contribution in [0.1, 0.15) is 33.6 Å². The molecule has 1 heterocycles. The van der Waals surface area contributed by atoms with Crippen LogP contribution in [0.5, 0.6) is 5.75 Å². The molecule has 2 rings (SSSR count). The minimum atomic E-state index is -4.69. The predicted octanol–water partition coefficient (Wildman–Crippen LogP) is 1.61. The molecule has 2 amide bonds. The van der Waals surface area contributed by atoms with Crippen LogP contribution < -0.4 is 4.74 Å². The van der Waals surface area contributed by atoms with Crippen LogP contribution in [0.15, 0.2) is 23.1 Å². The van der Waals surface area contributed by atoms with Gasteiger partial charge in [-0.1, -0.05) is 6.92 Å². The molecule has 1 fully saturated rings. The van der Waals surface area contributed by atoms with Gasteiger partial charge in [-0.2, -0.15) is 21.0 Å². The summed E-state index contributed by atoms with van der Waals surface area (Å²) in [7, 11) is -4.69. The van der Waals surface area contributed by atoms with E-state index >= 15 is 0 Å². The van der Waals surface area contributed by atoms with Gasteiger partial charge in [-0.25, -0.2) is 0 Å². The molecule has 0 aromatic heterocycles. The number of ether oxygens (including phenoxy) is 1. The lowest BCUT2D eigenvalue weighted by Gasteiger charge is -2.35. The quantitative estimate of drug-likeness (QED) is 0.117. The van der Waals surface area contributed by atoms with Crippen molar-refractivity contribution in [2.24, 2.45) is 5.92 Å². The van der Waals surface area contributed by atoms with E-state index in [1.807, 2.05) is 0 Å². The molecule has 1 saturated heterocycles. The molecule has 30 heavy (non-hydrogen) atoms. The summed E-state index contributed by atoms with van der Waals surface area (Å²) in [5.41, 5.74) is -1.86. The van der Waals surface area contributed by atoms with Gasteiger partial charge in [-0.05, 0) is 32.4 Å². The topological polar surface area (TPSA) is 161 Å². The summed E-state index contributed by atoms with van der Waals surface area (Å²) in [6.07, 6.45) is -0.0305. The van der Waals surface area contributed by atoms with Crippen LogP contribution in [0, 0.1) is 16.0 Å². The number of esters is 1. The fraction of sp³-hybridized carbons (Fsp3) is 0.471. The number of thiol groups is 1. The largest absolute Gasteiger partial charge is 0.419 e. The zero-order chi connectivity index (χ0) is 23.0. The van der Waals surface area contributed by atoms with Gasteiger partial charge in [0.1, 0.15) is 4.90 Å². The van der Waals surface area contributed by atoms with Crippen molar-refractivity contribution in [1.82, 2.24) is 4.90 Å². The summed E-state index contributed by atoms with van der Waals surface area (Å²) in [6.45, 7) is 4.66. The van der Waals surface area contributed by atoms with E-state index in [1.165, 1.54) is 6.92 Å². The van der Waals surface area contributed by atoms with Crippen LogP contribution in [0.3, 0.4) is 0 Å². The Bertz CT molecular complexity index is 1020. The molecular weight excluding hydrogens is 440 g/mol. The van der Waals surface area contributed by atoms with Crippen molar-refractivity contribution in [1.29, 1.82) is 0 Å². The molecule has 1 aromatic carbocycles. The number of hydrogen-bond donors (Lipinski definition) is 2. The summed E-state index contributed by atoms with van der Waals surface area (Å²) >= 11 is 4.07. The van der Waals surface area contributed by atoms with Gasteiger partial charge in [0.25, 0.3) is 10.1 Å². The second kappa shape index (κ2) is 8.32. The number of rotatable bonds is 7. The second-order valence-corrected chi connectivity index (χ2v) is 9.53. The number of likely N-dealkylation sites (tertiary alicyclic amines) is 1. The zero-order valence-corrected chi connectivity index (χ0v) is 18.0. The molecule has 164 valence electrons. The number of imide groups is 1. The smallest absolute Gasteiger partial charge is 0.314 e. The van der Waals surface area contributed by atoms with Crippen LogP contribution in [0.2, 0.25) is 0 Å². The molecule has 1 aromatic rings. The van der Waals surface area contributed by atoms with E-state index in [9.17, 15) is 32.9 Å². The second-order valence-electron chi connectivity index (χ2n) is 7.49. The normalized spacial score (nSPS) is 18.4. The third-order valence-electron chi connectivity index (χ3n) is 4.57. The number of nitro benzene ring substituents is 1. The van der Waals surface area contributed by atoms with Gasteiger partial charge in [0, 0.05) is 18.0 Å². The van der Waals surface area contributed by atoms with Crippen LogP contribution in [-0.4, -0.2) is 51.4 Å². The molecule has 2 unspecified atom stereocenters. The maximum absolute atomic E-state index is 12.5. The highest BCUT2D eigenvalue weighted by atomic mass is 32.2. The SMILES string of the molecule is CC(CC(C)(C)N1C(=O)CC(S)C1=O)C(=O)Oc1ccc(S(=O)(=O)O)cc1[N+](=O)[O-]. The third kappa shape index (κ3) is 4.96. The molecule has 0 saturated carbocycles. The molecule has 11 nitrogen and oxygen atoms in total. The lowest BCUT2D eigenvalue weighted by Crippen LogP contribution is -2.49. The Balaban J connectivity index is 2.21. The van der Waals surface area contributed by atoms with Gasteiger partial charge in [0.15, 0.2) is 0 Å². The standard InChI is InChI=1S/C17H20N2O9S2/c1-9(8-17(2,3)18-14(20)7-13(29)15(18)21)16(22)28-12-5-4-10(30(25,26)27)6-11(12)19(23)24/h4-6,9,13,29H,7-8H2,1-3H3,(H,25,26,27). The van der Waals surface area contributed by atoms with Crippen molar-refractivity contribution in [3.63, 3.8) is 0 Å². The monoisotopic (exact) mass is 460 g/mol. The molecule has 2 atom stereocenters. The molecule has 0 spiro atoms. The van der Waals surface area contributed by atoms with Crippen LogP contribution in [-0.2, 0) is 24.5 Å². The Labute approximate surface area is 177 Å². The lowest BCUT2D eigenvalue weighted by atomic mass is 9.90. The van der Waals surface area contributed by atoms with Gasteiger partial charge < -0.3 is 4.74 Å². The van der Waals surface area contributed by atoms with Crippen molar-refractivity contribution in [3.8, 4) is 5.75 Å². The van der Waals surface area contributed by atoms with Crippen LogP contribution in [0.25, 0.3) is 0 Å². The fourth-order valence-corrected chi connectivity index (χ4v) is 4.04. The summed E-state index contributed by atoms with van der Waals surface area (Å²) in [4.78, 5) is 47.4. The average Bonchev–Trinajstić information content (AvgIpc) is 2.86. The van der Waals surface area contributed by atoms with Crippen molar-refractivity contribution in [3.05, 3.63) is 28.3 Å². The fourth-order valence-electron chi connectivity index (χ4n) is 3.27. The third-order valence-corrected chi connectivity index (χ3v) is 5.82. The van der Waals surface area contributed by atoms with E-state index in [1.54, 1.807) is 13.8 Å². The molecule has 1 N–H and O–H groups in total. The van der Waals surface area contributed by atoms with Gasteiger partial charge in [-0.15, -0.1) is 0 Å². The van der Waals surface area contributed by atoms with E-state index < -0.39 is 65.9 Å². The molecular formula is C17H20N2O9S2. The van der Waals surface area contributed by atoms with Crippen LogP contribution >= 0.6 is 12.6 Å². The first kappa shape index (κ1) is 23.8. The molecule has 13 heteroatoms. The molecule has 0 bridgehead atoms. The Morgan fingerprint density at radius 2 is 2.03 bits per heavy atom. The first-order chi connectivity index (χ1) is 13.6. The van der Waals surface area contributed by atoms with Crippen molar-refractivity contribution in [2.45, 2.75) is 49.3 Å².